The van der Waals surface area contributed by atoms with Gasteiger partial charge in [0.1, 0.15) is 16.3 Å². The predicted molar refractivity (Wildman–Crippen MR) is 129 cm³/mol. The largest absolute Gasteiger partial charge is 0.379 e. The molecule has 0 aliphatic carbocycles. The Balaban J connectivity index is 1.57. The lowest BCUT2D eigenvalue weighted by Crippen LogP contribution is -2.40. The number of nitrogens with one attached hydrogen (secondary N) is 1. The van der Waals surface area contributed by atoms with E-state index in [2.05, 4.69) is 15.5 Å². The maximum Gasteiger partial charge on any atom is 0.272 e. The Bertz CT molecular complexity index is 1320. The van der Waals surface area contributed by atoms with Gasteiger partial charge in [-0.3, -0.25) is 4.79 Å². The van der Waals surface area contributed by atoms with Crippen molar-refractivity contribution < 1.29 is 17.9 Å². The fourth-order valence-corrected chi connectivity index (χ4v) is 5.06. The van der Waals surface area contributed by atoms with Crippen LogP contribution in [-0.4, -0.2) is 49.5 Å². The van der Waals surface area contributed by atoms with Gasteiger partial charge < -0.3 is 14.6 Å². The highest BCUT2D eigenvalue weighted by atomic mass is 32.2. The van der Waals surface area contributed by atoms with Gasteiger partial charge in [0, 0.05) is 26.3 Å². The van der Waals surface area contributed by atoms with Crippen LogP contribution in [0.2, 0.25) is 0 Å². The number of benzene rings is 2. The lowest BCUT2D eigenvalue weighted by molar-refractivity contribution is 0.0730. The zero-order valence-corrected chi connectivity index (χ0v) is 20.2. The Morgan fingerprint density at radius 3 is 2.35 bits per heavy atom. The maximum atomic E-state index is 13.1. The third kappa shape index (κ3) is 5.24. The molecule has 2 aromatic carbocycles. The van der Waals surface area contributed by atoms with Gasteiger partial charge in [-0.2, -0.15) is 9.42 Å². The van der Waals surface area contributed by atoms with Crippen LogP contribution in [0.5, 0.6) is 0 Å². The molecule has 1 N–H and O–H groups in total. The van der Waals surface area contributed by atoms with E-state index in [0.717, 1.165) is 11.1 Å². The Morgan fingerprint density at radius 1 is 0.971 bits per heavy atom. The van der Waals surface area contributed by atoms with E-state index in [1.54, 1.807) is 13.1 Å². The average Bonchev–Trinajstić information content (AvgIpc) is 3.23. The topological polar surface area (TPSA) is 105 Å². The summed E-state index contributed by atoms with van der Waals surface area (Å²) in [5.41, 5.74) is 3.99. The first kappa shape index (κ1) is 23.8. The van der Waals surface area contributed by atoms with E-state index in [1.807, 2.05) is 50.2 Å². The van der Waals surface area contributed by atoms with Crippen molar-refractivity contribution >= 4 is 33.0 Å². The second-order valence-electron chi connectivity index (χ2n) is 8.20. The Hall–Kier alpha value is -3.34. The van der Waals surface area contributed by atoms with E-state index in [4.69, 9.17) is 4.74 Å². The van der Waals surface area contributed by atoms with Crippen molar-refractivity contribution in [2.75, 3.05) is 31.6 Å². The molecule has 0 saturated carbocycles. The summed E-state index contributed by atoms with van der Waals surface area (Å²) >= 11 is 0. The van der Waals surface area contributed by atoms with E-state index < -0.39 is 15.9 Å². The number of ether oxygens (including phenoxy) is 1. The highest BCUT2D eigenvalue weighted by Gasteiger charge is 2.29. The van der Waals surface area contributed by atoms with Crippen LogP contribution in [0.25, 0.3) is 0 Å². The lowest BCUT2D eigenvalue weighted by atomic mass is 10.2. The molecular formula is C24H27N5O4S. The molecule has 1 aliphatic heterocycles. The SMILES string of the molecule is Cc1ccc(N=Nc2cc(C)ccc2NC(=O)c2cc(S(=O)(=O)N3CCOCC3)cn2C)cc1. The summed E-state index contributed by atoms with van der Waals surface area (Å²) in [6, 6.07) is 14.5. The van der Waals surface area contributed by atoms with Crippen LogP contribution in [0.4, 0.5) is 17.1 Å². The molecule has 4 rings (SSSR count). The van der Waals surface area contributed by atoms with E-state index in [9.17, 15) is 13.2 Å². The summed E-state index contributed by atoms with van der Waals surface area (Å²) in [7, 11) is -2.07. The molecule has 0 bridgehead atoms. The number of nitrogens with zero attached hydrogens (tertiary/aromatic N) is 4. The molecule has 9 nitrogen and oxygen atoms in total. The van der Waals surface area contributed by atoms with Gasteiger partial charge >= 0.3 is 0 Å². The standard InChI is InChI=1S/C24H27N5O4S/c1-17-4-7-19(8-5-17)26-27-22-14-18(2)6-9-21(22)25-24(30)23-15-20(16-28(23)3)34(31,32)29-10-12-33-13-11-29/h4-9,14-16H,10-13H2,1-3H3,(H,25,30). The number of morpholine rings is 1. The molecule has 1 fully saturated rings. The van der Waals surface area contributed by atoms with E-state index in [1.165, 1.54) is 21.1 Å². The number of carbonyl (C=O) groups excluding carboxylic acids is 1. The summed E-state index contributed by atoms with van der Waals surface area (Å²) in [5, 5.41) is 11.5. The molecule has 34 heavy (non-hydrogen) atoms. The zero-order chi connectivity index (χ0) is 24.3. The molecule has 10 heteroatoms. The first-order chi connectivity index (χ1) is 16.2. The minimum absolute atomic E-state index is 0.0743. The molecule has 0 atom stereocenters. The Morgan fingerprint density at radius 2 is 1.65 bits per heavy atom. The fourth-order valence-electron chi connectivity index (χ4n) is 3.58. The highest BCUT2D eigenvalue weighted by Crippen LogP contribution is 2.29. The number of hydrogen-bond acceptors (Lipinski definition) is 6. The van der Waals surface area contributed by atoms with E-state index in [-0.39, 0.29) is 23.7 Å². The molecular weight excluding hydrogens is 454 g/mol. The molecule has 2 heterocycles. The van der Waals surface area contributed by atoms with Gasteiger partial charge in [0.05, 0.1) is 24.6 Å². The van der Waals surface area contributed by atoms with Gasteiger partial charge in [-0.15, -0.1) is 5.11 Å². The van der Waals surface area contributed by atoms with Crippen LogP contribution in [0.15, 0.2) is 69.9 Å². The third-order valence-electron chi connectivity index (χ3n) is 5.53. The Labute approximate surface area is 199 Å². The smallest absolute Gasteiger partial charge is 0.272 e. The normalized spacial score (nSPS) is 15.0. The van der Waals surface area contributed by atoms with Crippen LogP contribution >= 0.6 is 0 Å². The molecule has 178 valence electrons. The number of amides is 1. The lowest BCUT2D eigenvalue weighted by Gasteiger charge is -2.25. The summed E-state index contributed by atoms with van der Waals surface area (Å²) < 4.78 is 34.0. The number of sulfonamides is 1. The second kappa shape index (κ2) is 9.88. The molecule has 0 radical (unpaired) electrons. The van der Waals surface area contributed by atoms with Gasteiger partial charge in [-0.1, -0.05) is 23.8 Å². The van der Waals surface area contributed by atoms with Gasteiger partial charge in [0.2, 0.25) is 10.0 Å². The van der Waals surface area contributed by atoms with Crippen LogP contribution in [0, 0.1) is 13.8 Å². The van der Waals surface area contributed by atoms with E-state index in [0.29, 0.717) is 30.3 Å². The monoisotopic (exact) mass is 481 g/mol. The van der Waals surface area contributed by atoms with Crippen molar-refractivity contribution in [1.29, 1.82) is 0 Å². The second-order valence-corrected chi connectivity index (χ2v) is 10.1. The molecule has 0 spiro atoms. The first-order valence-electron chi connectivity index (χ1n) is 10.9. The van der Waals surface area contributed by atoms with Crippen LogP contribution in [0.1, 0.15) is 21.6 Å². The quantitative estimate of drug-likeness (QED) is 0.529. The average molecular weight is 482 g/mol. The molecule has 1 saturated heterocycles. The fraction of sp³-hybridized carbons (Fsp3) is 0.292. The van der Waals surface area contributed by atoms with Crippen LogP contribution < -0.4 is 5.32 Å². The zero-order valence-electron chi connectivity index (χ0n) is 19.4. The van der Waals surface area contributed by atoms with Gasteiger partial charge in [0.25, 0.3) is 5.91 Å². The maximum absolute atomic E-state index is 13.1. The molecule has 1 aromatic heterocycles. The third-order valence-corrected chi connectivity index (χ3v) is 7.39. The number of anilines is 1. The van der Waals surface area contributed by atoms with Gasteiger partial charge in [-0.25, -0.2) is 8.42 Å². The van der Waals surface area contributed by atoms with E-state index >= 15 is 0 Å². The number of rotatable bonds is 6. The molecule has 0 unspecified atom stereocenters. The number of azo groups is 1. The highest BCUT2D eigenvalue weighted by molar-refractivity contribution is 7.89. The predicted octanol–water partition coefficient (Wildman–Crippen LogP) is 4.33. The van der Waals surface area contributed by atoms with Crippen LogP contribution in [0.3, 0.4) is 0 Å². The van der Waals surface area contributed by atoms with Crippen molar-refractivity contribution in [3.05, 3.63) is 71.5 Å². The summed E-state index contributed by atoms with van der Waals surface area (Å²) in [5.74, 6) is -0.443. The minimum atomic E-state index is -3.71. The van der Waals surface area contributed by atoms with Crippen molar-refractivity contribution in [3.8, 4) is 0 Å². The van der Waals surface area contributed by atoms with Crippen LogP contribution in [-0.2, 0) is 21.8 Å². The number of carbonyl (C=O) groups is 1. The summed E-state index contributed by atoms with van der Waals surface area (Å²) in [6.07, 6.45) is 1.45. The van der Waals surface area contributed by atoms with Crippen molar-refractivity contribution in [3.63, 3.8) is 0 Å². The number of hydrogen-bond donors (Lipinski definition) is 1. The minimum Gasteiger partial charge on any atom is -0.379 e. The molecule has 1 amide bonds. The summed E-state index contributed by atoms with van der Waals surface area (Å²) in [6.45, 7) is 5.21. The van der Waals surface area contributed by atoms with Crippen molar-refractivity contribution in [2.45, 2.75) is 18.7 Å². The first-order valence-corrected chi connectivity index (χ1v) is 12.3. The van der Waals surface area contributed by atoms with Crippen molar-refractivity contribution in [2.24, 2.45) is 17.3 Å². The summed E-state index contributed by atoms with van der Waals surface area (Å²) in [4.78, 5) is 13.1. The molecule has 3 aromatic rings. The van der Waals surface area contributed by atoms with Crippen molar-refractivity contribution in [1.82, 2.24) is 8.87 Å². The van der Waals surface area contributed by atoms with Gasteiger partial charge in [-0.05, 0) is 49.7 Å². The Kier molecular flexibility index (Phi) is 6.92. The molecule has 1 aliphatic rings. The number of aryl methyl sites for hydroxylation is 3. The number of aromatic nitrogens is 1. The van der Waals surface area contributed by atoms with Gasteiger partial charge in [0.15, 0.2) is 0 Å².